The van der Waals surface area contributed by atoms with Gasteiger partial charge in [0.1, 0.15) is 10.7 Å². The van der Waals surface area contributed by atoms with Gasteiger partial charge < -0.3 is 5.11 Å². The number of benzene rings is 1. The van der Waals surface area contributed by atoms with Gasteiger partial charge in [-0.15, -0.1) is 0 Å². The van der Waals surface area contributed by atoms with Crippen molar-refractivity contribution < 1.29 is 27.1 Å². The number of sulfonamides is 1. The molecule has 0 aliphatic rings. The van der Waals surface area contributed by atoms with Crippen molar-refractivity contribution in [2.24, 2.45) is 0 Å². The van der Waals surface area contributed by atoms with Gasteiger partial charge in [-0.25, -0.2) is 22.3 Å². The fourth-order valence-electron chi connectivity index (χ4n) is 1.20. The van der Waals surface area contributed by atoms with Crippen molar-refractivity contribution >= 4 is 16.0 Å². The van der Waals surface area contributed by atoms with E-state index in [1.54, 1.807) is 0 Å². The molecule has 1 aromatic carbocycles. The molecule has 0 aromatic heterocycles. The Morgan fingerprint density at radius 1 is 1.39 bits per heavy atom. The average Bonchev–Trinajstić information content (AvgIpc) is 2.28. The number of carboxylic acids is 1. The molecule has 0 atom stereocenters. The average molecular weight is 279 g/mol. The topological polar surface area (TPSA) is 83.5 Å². The SMILES string of the molecule is O=C(O)c1ccc(S(=O)(=O)NCCCF)c(F)c1. The fourth-order valence-corrected chi connectivity index (χ4v) is 2.33. The number of hydrogen-bond acceptors (Lipinski definition) is 3. The molecule has 0 aliphatic carbocycles. The normalized spacial score (nSPS) is 11.4. The summed E-state index contributed by atoms with van der Waals surface area (Å²) in [5, 5.41) is 8.60. The van der Waals surface area contributed by atoms with Crippen LogP contribution in [-0.4, -0.2) is 32.7 Å². The first-order valence-corrected chi connectivity index (χ1v) is 6.45. The number of hydrogen-bond donors (Lipinski definition) is 2. The molecule has 18 heavy (non-hydrogen) atoms. The molecule has 0 fully saturated rings. The third-order valence-corrected chi connectivity index (χ3v) is 3.57. The number of carbonyl (C=O) groups is 1. The van der Waals surface area contributed by atoms with Crippen LogP contribution in [0.3, 0.4) is 0 Å². The number of alkyl halides is 1. The van der Waals surface area contributed by atoms with Gasteiger partial charge in [0.25, 0.3) is 0 Å². The van der Waals surface area contributed by atoms with E-state index in [9.17, 15) is 22.0 Å². The number of rotatable bonds is 6. The van der Waals surface area contributed by atoms with Gasteiger partial charge in [0, 0.05) is 6.54 Å². The molecule has 1 aromatic rings. The fraction of sp³-hybridized carbons (Fsp3) is 0.300. The molecule has 100 valence electrons. The molecule has 1 rings (SSSR count). The van der Waals surface area contributed by atoms with Crippen molar-refractivity contribution in [2.45, 2.75) is 11.3 Å². The first-order valence-electron chi connectivity index (χ1n) is 4.97. The maximum atomic E-state index is 13.5. The highest BCUT2D eigenvalue weighted by molar-refractivity contribution is 7.89. The summed E-state index contributed by atoms with van der Waals surface area (Å²) in [4.78, 5) is 9.89. The van der Waals surface area contributed by atoms with Crippen LogP contribution in [0.5, 0.6) is 0 Å². The van der Waals surface area contributed by atoms with Crippen molar-refractivity contribution in [3.8, 4) is 0 Å². The molecular formula is C10H11F2NO4S. The lowest BCUT2D eigenvalue weighted by Gasteiger charge is -2.07. The second kappa shape index (κ2) is 5.87. The van der Waals surface area contributed by atoms with Crippen molar-refractivity contribution in [1.82, 2.24) is 4.72 Å². The summed E-state index contributed by atoms with van der Waals surface area (Å²) >= 11 is 0. The first-order chi connectivity index (χ1) is 8.38. The number of carboxylic acid groups (broad SMARTS) is 1. The van der Waals surface area contributed by atoms with Gasteiger partial charge in [-0.3, -0.25) is 4.39 Å². The molecule has 5 nitrogen and oxygen atoms in total. The Hall–Kier alpha value is -1.54. The van der Waals surface area contributed by atoms with Crippen LogP contribution < -0.4 is 4.72 Å². The smallest absolute Gasteiger partial charge is 0.335 e. The lowest BCUT2D eigenvalue weighted by Crippen LogP contribution is -2.26. The Labute approximate surface area is 102 Å². The summed E-state index contributed by atoms with van der Waals surface area (Å²) in [6, 6.07) is 2.46. The van der Waals surface area contributed by atoms with Crippen molar-refractivity contribution in [2.75, 3.05) is 13.2 Å². The monoisotopic (exact) mass is 279 g/mol. The molecule has 2 N–H and O–H groups in total. The largest absolute Gasteiger partial charge is 0.478 e. The molecule has 0 heterocycles. The van der Waals surface area contributed by atoms with E-state index in [2.05, 4.69) is 0 Å². The molecular weight excluding hydrogens is 268 g/mol. The highest BCUT2D eigenvalue weighted by Gasteiger charge is 2.19. The highest BCUT2D eigenvalue weighted by atomic mass is 32.2. The van der Waals surface area contributed by atoms with E-state index in [1.165, 1.54) is 0 Å². The van der Waals surface area contributed by atoms with Gasteiger partial charge in [-0.05, 0) is 24.6 Å². The third kappa shape index (κ3) is 3.47. The zero-order valence-corrected chi connectivity index (χ0v) is 10.0. The molecule has 0 bridgehead atoms. The molecule has 0 aliphatic heterocycles. The van der Waals surface area contributed by atoms with Gasteiger partial charge in [0.05, 0.1) is 12.2 Å². The lowest BCUT2D eigenvalue weighted by molar-refractivity contribution is 0.0696. The van der Waals surface area contributed by atoms with Gasteiger partial charge in [0.2, 0.25) is 10.0 Å². The van der Waals surface area contributed by atoms with E-state index in [-0.39, 0.29) is 18.5 Å². The Morgan fingerprint density at radius 2 is 2.06 bits per heavy atom. The van der Waals surface area contributed by atoms with Crippen LogP contribution in [0, 0.1) is 5.82 Å². The molecule has 0 amide bonds. The minimum atomic E-state index is -4.09. The Bertz CT molecular complexity index is 545. The van der Waals surface area contributed by atoms with Crippen LogP contribution in [0.25, 0.3) is 0 Å². The summed E-state index contributed by atoms with van der Waals surface area (Å²) in [5.41, 5.74) is -0.352. The maximum absolute atomic E-state index is 13.5. The van der Waals surface area contributed by atoms with E-state index in [0.717, 1.165) is 12.1 Å². The van der Waals surface area contributed by atoms with Gasteiger partial charge in [0.15, 0.2) is 0 Å². The minimum absolute atomic E-state index is 0.0198. The summed E-state index contributed by atoms with van der Waals surface area (Å²) in [6.45, 7) is -0.845. The van der Waals surface area contributed by atoms with Crippen LogP contribution in [0.15, 0.2) is 23.1 Å². The summed E-state index contributed by atoms with van der Waals surface area (Å²) < 4.78 is 50.5. The van der Waals surface area contributed by atoms with Crippen molar-refractivity contribution in [3.05, 3.63) is 29.6 Å². The third-order valence-electron chi connectivity index (χ3n) is 2.07. The van der Waals surface area contributed by atoms with Crippen LogP contribution in [-0.2, 0) is 10.0 Å². The zero-order valence-electron chi connectivity index (χ0n) is 9.19. The number of aromatic carboxylic acids is 1. The highest BCUT2D eigenvalue weighted by Crippen LogP contribution is 2.16. The van der Waals surface area contributed by atoms with E-state index in [1.807, 2.05) is 4.72 Å². The quantitative estimate of drug-likeness (QED) is 0.765. The Kier molecular flexibility index (Phi) is 4.74. The van der Waals surface area contributed by atoms with Crippen molar-refractivity contribution in [3.63, 3.8) is 0 Å². The lowest BCUT2D eigenvalue weighted by atomic mass is 10.2. The van der Waals surface area contributed by atoms with Gasteiger partial charge in [-0.1, -0.05) is 0 Å². The van der Waals surface area contributed by atoms with Crippen molar-refractivity contribution in [1.29, 1.82) is 0 Å². The number of halogens is 2. The van der Waals surface area contributed by atoms with E-state index in [4.69, 9.17) is 5.11 Å². The second-order valence-corrected chi connectivity index (χ2v) is 5.13. The van der Waals surface area contributed by atoms with Crippen LogP contribution in [0.2, 0.25) is 0 Å². The second-order valence-electron chi connectivity index (χ2n) is 3.39. The molecule has 0 saturated carbocycles. The molecule has 0 unspecified atom stereocenters. The molecule has 0 spiro atoms. The van der Waals surface area contributed by atoms with Crippen LogP contribution >= 0.6 is 0 Å². The van der Waals surface area contributed by atoms with Gasteiger partial charge in [-0.2, -0.15) is 0 Å². The summed E-state index contributed by atoms with van der Waals surface area (Å²) in [6.07, 6.45) is -0.0198. The molecule has 0 radical (unpaired) electrons. The van der Waals surface area contributed by atoms with Crippen LogP contribution in [0.4, 0.5) is 8.78 Å². The summed E-state index contributed by atoms with van der Waals surface area (Å²) in [7, 11) is -4.09. The van der Waals surface area contributed by atoms with E-state index >= 15 is 0 Å². The molecule has 0 saturated heterocycles. The number of nitrogens with one attached hydrogen (secondary N) is 1. The standard InChI is InChI=1S/C10H11F2NO4S/c11-4-1-5-13-18(16,17)9-3-2-7(10(14)15)6-8(9)12/h2-3,6,13H,1,4-5H2,(H,14,15). The predicted molar refractivity (Wildman–Crippen MR) is 59.1 cm³/mol. The Morgan fingerprint density at radius 3 is 2.56 bits per heavy atom. The van der Waals surface area contributed by atoms with Crippen LogP contribution in [0.1, 0.15) is 16.8 Å². The Balaban J connectivity index is 2.99. The van der Waals surface area contributed by atoms with E-state index < -0.39 is 33.4 Å². The van der Waals surface area contributed by atoms with E-state index in [0.29, 0.717) is 6.07 Å². The first kappa shape index (κ1) is 14.5. The zero-order chi connectivity index (χ0) is 13.8. The van der Waals surface area contributed by atoms with Gasteiger partial charge >= 0.3 is 5.97 Å². The molecule has 8 heteroatoms. The predicted octanol–water partition coefficient (Wildman–Crippen LogP) is 1.16. The maximum Gasteiger partial charge on any atom is 0.335 e. The summed E-state index contributed by atoms with van der Waals surface area (Å²) in [5.74, 6) is -2.52. The minimum Gasteiger partial charge on any atom is -0.478 e.